The molecule has 3 heterocycles. The van der Waals surface area contributed by atoms with Gasteiger partial charge in [0.05, 0.1) is 18.5 Å². The van der Waals surface area contributed by atoms with Gasteiger partial charge in [-0.15, -0.1) is 0 Å². The number of fused-ring (bicyclic) bond motifs is 3. The number of carbonyl (C=O) groups excluding carboxylic acids is 3. The van der Waals surface area contributed by atoms with Crippen molar-refractivity contribution in [2.45, 2.75) is 63.1 Å². The molecule has 1 saturated carbocycles. The molecule has 3 aliphatic heterocycles. The van der Waals surface area contributed by atoms with E-state index in [9.17, 15) is 27.2 Å². The zero-order chi connectivity index (χ0) is 29.4. The number of piperidine rings is 2. The van der Waals surface area contributed by atoms with Crippen LogP contribution in [0.5, 0.6) is 0 Å². The van der Waals surface area contributed by atoms with E-state index < -0.39 is 69.1 Å². The molecule has 1 aliphatic carbocycles. The maximum Gasteiger partial charge on any atom is 0.255 e. The second kappa shape index (κ2) is 11.6. The summed E-state index contributed by atoms with van der Waals surface area (Å²) >= 11 is 6.14. The van der Waals surface area contributed by atoms with E-state index in [2.05, 4.69) is 16.0 Å². The summed E-state index contributed by atoms with van der Waals surface area (Å²) in [5, 5.41) is 7.01. The molecule has 40 heavy (non-hydrogen) atoms. The molecule has 5 atom stereocenters. The van der Waals surface area contributed by atoms with E-state index in [4.69, 9.17) is 11.6 Å². The number of alkyl halides is 2. The van der Waals surface area contributed by atoms with Crippen molar-refractivity contribution in [1.82, 2.24) is 15.5 Å². The number of amides is 3. The minimum absolute atomic E-state index is 0.00357. The van der Waals surface area contributed by atoms with Gasteiger partial charge in [0.1, 0.15) is 6.04 Å². The third-order valence-electron chi connectivity index (χ3n) is 7.91. The molecule has 3 amide bonds. The van der Waals surface area contributed by atoms with Crippen LogP contribution in [0.2, 0.25) is 5.02 Å². The first-order chi connectivity index (χ1) is 18.7. The van der Waals surface area contributed by atoms with Crippen LogP contribution in [0.1, 0.15) is 37.7 Å². The summed E-state index contributed by atoms with van der Waals surface area (Å²) in [5.74, 6) is -7.20. The van der Waals surface area contributed by atoms with Crippen molar-refractivity contribution < 1.29 is 36.0 Å². The Balaban J connectivity index is 1.59. The predicted molar refractivity (Wildman–Crippen MR) is 143 cm³/mol. The van der Waals surface area contributed by atoms with Crippen LogP contribution in [0.4, 0.5) is 18.9 Å². The number of benzene rings is 1. The highest BCUT2D eigenvalue weighted by Gasteiger charge is 2.60. The summed E-state index contributed by atoms with van der Waals surface area (Å²) in [4.78, 5) is 40.3. The lowest BCUT2D eigenvalue weighted by Gasteiger charge is -2.53. The van der Waals surface area contributed by atoms with Gasteiger partial charge in [0.15, 0.2) is 0 Å². The molecule has 0 unspecified atom stereocenters. The summed E-state index contributed by atoms with van der Waals surface area (Å²) in [6.45, 7) is 1.83. The Hall–Kier alpha value is -2.80. The first-order valence-corrected chi connectivity index (χ1v) is 15.3. The molecule has 0 aromatic heterocycles. The van der Waals surface area contributed by atoms with E-state index in [1.54, 1.807) is 25.1 Å². The van der Waals surface area contributed by atoms with Crippen LogP contribution in [-0.4, -0.2) is 74.4 Å². The minimum atomic E-state index is -4.26. The smallest absolute Gasteiger partial charge is 0.255 e. The van der Waals surface area contributed by atoms with E-state index in [1.165, 1.54) is 4.90 Å². The average molecular weight is 605 g/mol. The van der Waals surface area contributed by atoms with Crippen molar-refractivity contribution >= 4 is 44.8 Å². The monoisotopic (exact) mass is 604 g/mol. The Morgan fingerprint density at radius 1 is 1.27 bits per heavy atom. The highest BCUT2D eigenvalue weighted by atomic mass is 35.5. The predicted octanol–water partition coefficient (Wildman–Crippen LogP) is 2.94. The van der Waals surface area contributed by atoms with Crippen molar-refractivity contribution in [2.24, 2.45) is 11.8 Å². The van der Waals surface area contributed by atoms with Crippen molar-refractivity contribution in [3.63, 3.8) is 0 Å². The molecule has 4 fully saturated rings. The Morgan fingerprint density at radius 3 is 2.62 bits per heavy atom. The number of nitrogens with one attached hydrogen (secondary N) is 3. The zero-order valence-corrected chi connectivity index (χ0v) is 23.6. The first kappa shape index (κ1) is 30.2. The van der Waals surface area contributed by atoms with Gasteiger partial charge in [-0.3, -0.25) is 14.4 Å². The summed E-state index contributed by atoms with van der Waals surface area (Å²) in [6.07, 6.45) is 1.27. The van der Waals surface area contributed by atoms with Gasteiger partial charge in [-0.1, -0.05) is 17.7 Å². The number of rotatable bonds is 9. The van der Waals surface area contributed by atoms with Crippen LogP contribution < -0.4 is 16.0 Å². The summed E-state index contributed by atoms with van der Waals surface area (Å²) in [5.41, 5.74) is 1.27. The van der Waals surface area contributed by atoms with Crippen molar-refractivity contribution in [3.8, 4) is 0 Å². The lowest BCUT2D eigenvalue weighted by Crippen LogP contribution is -2.69. The molecular formula is C26H32ClF3N4O5S. The Morgan fingerprint density at radius 2 is 2.00 bits per heavy atom. The Kier molecular flexibility index (Phi) is 8.74. The molecule has 1 aromatic carbocycles. The molecule has 1 aromatic rings. The van der Waals surface area contributed by atoms with Crippen LogP contribution >= 0.6 is 11.6 Å². The van der Waals surface area contributed by atoms with Crippen LogP contribution in [0, 0.1) is 18.8 Å². The third kappa shape index (κ3) is 6.40. The Labute approximate surface area is 235 Å². The van der Waals surface area contributed by atoms with Crippen LogP contribution in [0.3, 0.4) is 0 Å². The number of sulfone groups is 1. The fourth-order valence-corrected chi connectivity index (χ4v) is 6.41. The lowest BCUT2D eigenvalue weighted by atomic mass is 9.71. The SMILES string of the molecule is Cc1c(Cl)cccc1NCC(=O)N1[C@@H]2CC[C@H]([C@H]1C(=O)N[C@@H](/C=C(/F)S(C)(=O)=O)C[C@H]1CCNC1=O)C(F)(F)C2. The summed E-state index contributed by atoms with van der Waals surface area (Å²) in [6, 6.07) is 1.34. The third-order valence-corrected chi connectivity index (χ3v) is 9.16. The molecule has 3 N–H and O–H groups in total. The molecule has 5 rings (SSSR count). The van der Waals surface area contributed by atoms with Gasteiger partial charge < -0.3 is 20.9 Å². The van der Waals surface area contributed by atoms with Gasteiger partial charge >= 0.3 is 0 Å². The van der Waals surface area contributed by atoms with E-state index in [0.717, 1.165) is 0 Å². The molecule has 220 valence electrons. The first-order valence-electron chi connectivity index (χ1n) is 13.0. The van der Waals surface area contributed by atoms with Crippen LogP contribution in [0.25, 0.3) is 0 Å². The number of halogens is 4. The largest absolute Gasteiger partial charge is 0.376 e. The fourth-order valence-electron chi connectivity index (χ4n) is 5.82. The lowest BCUT2D eigenvalue weighted by molar-refractivity contribution is -0.193. The highest BCUT2D eigenvalue weighted by molar-refractivity contribution is 7.94. The number of nitrogens with zero attached hydrogens (tertiary/aromatic N) is 1. The molecular weight excluding hydrogens is 573 g/mol. The number of hydrogen-bond acceptors (Lipinski definition) is 6. The topological polar surface area (TPSA) is 125 Å². The summed E-state index contributed by atoms with van der Waals surface area (Å²) in [7, 11) is -4.26. The standard InChI is InChI=1S/C26H32ClF3N4O5S/c1-14-19(27)4-3-5-20(14)32-13-22(35)34-17-6-7-18(26(29,30)12-17)23(34)25(37)33-16(11-21(28)40(2,38)39)10-15-8-9-31-24(15)36/h3-5,11,15-18,23,32H,6-10,12-13H2,1-2H3,(H,31,36)(H,33,37)/b21-11-/t15-,16-,17-,18-,23+/m1/s1. The van der Waals surface area contributed by atoms with Crippen LogP contribution in [0.15, 0.2) is 29.4 Å². The molecule has 3 saturated heterocycles. The fraction of sp³-hybridized carbons (Fsp3) is 0.577. The Bertz CT molecular complexity index is 1330. The second-order valence-corrected chi connectivity index (χ2v) is 13.0. The van der Waals surface area contributed by atoms with Gasteiger partial charge in [-0.2, -0.15) is 4.39 Å². The van der Waals surface area contributed by atoms with Gasteiger partial charge in [0.2, 0.25) is 32.7 Å². The van der Waals surface area contributed by atoms with Crippen LogP contribution in [-0.2, 0) is 24.2 Å². The molecule has 14 heteroatoms. The van der Waals surface area contributed by atoms with Crippen molar-refractivity contribution in [3.05, 3.63) is 40.0 Å². The van der Waals surface area contributed by atoms with E-state index in [0.29, 0.717) is 48.0 Å². The normalized spacial score (nSPS) is 26.8. The molecule has 4 aliphatic rings. The van der Waals surface area contributed by atoms with Crippen molar-refractivity contribution in [2.75, 3.05) is 24.7 Å². The quantitative estimate of drug-likeness (QED) is 0.398. The number of hydrogen-bond donors (Lipinski definition) is 3. The molecule has 2 bridgehead atoms. The molecule has 0 spiro atoms. The maximum absolute atomic E-state index is 15.0. The summed E-state index contributed by atoms with van der Waals surface area (Å²) < 4.78 is 67.9. The maximum atomic E-state index is 15.0. The van der Waals surface area contributed by atoms with Gasteiger partial charge in [0.25, 0.3) is 5.92 Å². The molecule has 9 nitrogen and oxygen atoms in total. The van der Waals surface area contributed by atoms with E-state index in [-0.39, 0.29) is 25.3 Å². The second-order valence-electron chi connectivity index (χ2n) is 10.7. The number of carbonyl (C=O) groups is 3. The zero-order valence-electron chi connectivity index (χ0n) is 22.1. The van der Waals surface area contributed by atoms with Gasteiger partial charge in [0, 0.05) is 41.9 Å². The van der Waals surface area contributed by atoms with Crippen molar-refractivity contribution in [1.29, 1.82) is 0 Å². The minimum Gasteiger partial charge on any atom is -0.376 e. The number of anilines is 1. The van der Waals surface area contributed by atoms with Gasteiger partial charge in [-0.25, -0.2) is 17.2 Å². The average Bonchev–Trinajstić information content (AvgIpc) is 3.27. The molecule has 0 radical (unpaired) electrons. The van der Waals surface area contributed by atoms with E-state index in [1.807, 2.05) is 0 Å². The van der Waals surface area contributed by atoms with E-state index >= 15 is 8.78 Å². The highest BCUT2D eigenvalue weighted by Crippen LogP contribution is 2.49. The van der Waals surface area contributed by atoms with Gasteiger partial charge in [-0.05, 0) is 56.4 Å².